The molecule has 0 aliphatic carbocycles. The molecule has 0 radical (unpaired) electrons. The number of nitrogens with zero attached hydrogens (tertiary/aromatic N) is 2. The number of halogens is 3. The second kappa shape index (κ2) is 6.39. The summed E-state index contributed by atoms with van der Waals surface area (Å²) in [5.41, 5.74) is -0.124. The molecule has 0 fully saturated rings. The van der Waals surface area contributed by atoms with Gasteiger partial charge in [0, 0.05) is 37.0 Å². The zero-order chi connectivity index (χ0) is 16.3. The molecule has 0 bridgehead atoms. The summed E-state index contributed by atoms with van der Waals surface area (Å²) in [5.74, 6) is 0.129. The van der Waals surface area contributed by atoms with E-state index in [1.165, 1.54) is 13.2 Å². The fraction of sp³-hybridized carbons (Fsp3) is 0.400. The molecule has 1 heterocycles. The number of phenolic OH excluding ortho intramolecular Hbond substituents is 1. The fourth-order valence-electron chi connectivity index (χ4n) is 2.40. The second-order valence-electron chi connectivity index (χ2n) is 5.07. The van der Waals surface area contributed by atoms with E-state index in [1.54, 1.807) is 24.3 Å². The highest BCUT2D eigenvalue weighted by molar-refractivity contribution is 5.34. The van der Waals surface area contributed by atoms with Gasteiger partial charge in [0.15, 0.2) is 5.69 Å². The van der Waals surface area contributed by atoms with E-state index in [-0.39, 0.29) is 23.9 Å². The molecule has 22 heavy (non-hydrogen) atoms. The highest BCUT2D eigenvalue weighted by Gasteiger charge is 2.36. The summed E-state index contributed by atoms with van der Waals surface area (Å²) in [4.78, 5) is 0. The summed E-state index contributed by atoms with van der Waals surface area (Å²) < 4.78 is 39.9. The Hall–Kier alpha value is -2.02. The Morgan fingerprint density at radius 2 is 2.00 bits per heavy atom. The third kappa shape index (κ3) is 3.59. The average Bonchev–Trinajstić information content (AvgIpc) is 2.82. The van der Waals surface area contributed by atoms with E-state index >= 15 is 0 Å². The smallest absolute Gasteiger partial charge is 0.435 e. The quantitative estimate of drug-likeness (QED) is 0.889. The van der Waals surface area contributed by atoms with Gasteiger partial charge in [-0.25, -0.2) is 0 Å². The van der Waals surface area contributed by atoms with Crippen LogP contribution < -0.4 is 5.32 Å². The van der Waals surface area contributed by atoms with Crippen molar-refractivity contribution in [3.05, 3.63) is 47.3 Å². The van der Waals surface area contributed by atoms with Gasteiger partial charge in [-0.3, -0.25) is 4.68 Å². The SMILES string of the molecule is CCC(NCc1cn(C)nc1C(F)(F)F)c1ccccc1O. The number of hydrogen-bond acceptors (Lipinski definition) is 3. The van der Waals surface area contributed by atoms with Gasteiger partial charge in [0.05, 0.1) is 0 Å². The monoisotopic (exact) mass is 313 g/mol. The Labute approximate surface area is 126 Å². The Bertz CT molecular complexity index is 637. The maximum absolute atomic E-state index is 12.9. The summed E-state index contributed by atoms with van der Waals surface area (Å²) in [5, 5.41) is 16.4. The third-order valence-electron chi connectivity index (χ3n) is 3.43. The van der Waals surface area contributed by atoms with Crippen molar-refractivity contribution in [3.63, 3.8) is 0 Å². The molecule has 0 saturated heterocycles. The maximum Gasteiger partial charge on any atom is 0.435 e. The lowest BCUT2D eigenvalue weighted by molar-refractivity contribution is -0.142. The van der Waals surface area contributed by atoms with Crippen molar-refractivity contribution in [2.75, 3.05) is 0 Å². The summed E-state index contributed by atoms with van der Waals surface area (Å²) in [7, 11) is 1.46. The topological polar surface area (TPSA) is 50.1 Å². The highest BCUT2D eigenvalue weighted by Crippen LogP contribution is 2.31. The van der Waals surface area contributed by atoms with Gasteiger partial charge in [-0.1, -0.05) is 25.1 Å². The van der Waals surface area contributed by atoms with Crippen molar-refractivity contribution in [1.82, 2.24) is 15.1 Å². The van der Waals surface area contributed by atoms with Crippen LogP contribution in [0.1, 0.15) is 36.2 Å². The summed E-state index contributed by atoms with van der Waals surface area (Å²) in [6, 6.07) is 6.57. The van der Waals surface area contributed by atoms with E-state index in [0.29, 0.717) is 12.0 Å². The molecule has 1 aromatic carbocycles. The first-order valence-electron chi connectivity index (χ1n) is 6.94. The van der Waals surface area contributed by atoms with E-state index in [9.17, 15) is 18.3 Å². The first kappa shape index (κ1) is 16.4. The van der Waals surface area contributed by atoms with Crippen LogP contribution in [-0.2, 0) is 19.8 Å². The number of rotatable bonds is 5. The molecule has 2 aromatic rings. The number of aromatic nitrogens is 2. The first-order chi connectivity index (χ1) is 10.3. The van der Waals surface area contributed by atoms with Crippen molar-refractivity contribution in [1.29, 1.82) is 0 Å². The maximum atomic E-state index is 12.9. The largest absolute Gasteiger partial charge is 0.508 e. The first-order valence-corrected chi connectivity index (χ1v) is 6.94. The molecule has 1 atom stereocenters. The van der Waals surface area contributed by atoms with Crippen LogP contribution in [0.25, 0.3) is 0 Å². The summed E-state index contributed by atoms with van der Waals surface area (Å²) in [6.07, 6.45) is -2.48. The van der Waals surface area contributed by atoms with E-state index < -0.39 is 11.9 Å². The van der Waals surface area contributed by atoms with Gasteiger partial charge >= 0.3 is 6.18 Å². The van der Waals surface area contributed by atoms with Crippen LogP contribution in [0.5, 0.6) is 5.75 Å². The van der Waals surface area contributed by atoms with Crippen LogP contribution in [0.15, 0.2) is 30.5 Å². The number of aryl methyl sites for hydroxylation is 1. The van der Waals surface area contributed by atoms with E-state index in [4.69, 9.17) is 0 Å². The number of alkyl halides is 3. The third-order valence-corrected chi connectivity index (χ3v) is 3.43. The molecule has 7 heteroatoms. The molecule has 0 aliphatic rings. The number of phenols is 1. The van der Waals surface area contributed by atoms with Crippen molar-refractivity contribution in [2.24, 2.45) is 7.05 Å². The minimum absolute atomic E-state index is 0.0233. The predicted molar refractivity (Wildman–Crippen MR) is 76.2 cm³/mol. The minimum Gasteiger partial charge on any atom is -0.508 e. The lowest BCUT2D eigenvalue weighted by atomic mass is 10.0. The van der Waals surface area contributed by atoms with Crippen LogP contribution >= 0.6 is 0 Å². The summed E-state index contributed by atoms with van der Waals surface area (Å²) in [6.45, 7) is 1.92. The van der Waals surface area contributed by atoms with Crippen LogP contribution in [0.4, 0.5) is 13.2 Å². The lowest BCUT2D eigenvalue weighted by Crippen LogP contribution is -2.22. The van der Waals surface area contributed by atoms with Gasteiger partial charge in [-0.2, -0.15) is 18.3 Å². The predicted octanol–water partition coefficient (Wildman–Crippen LogP) is 3.39. The number of hydrogen-bond donors (Lipinski definition) is 2. The normalized spacial score (nSPS) is 13.3. The molecule has 2 rings (SSSR count). The van der Waals surface area contributed by atoms with Crippen LogP contribution in [0.2, 0.25) is 0 Å². The molecule has 0 amide bonds. The van der Waals surface area contributed by atoms with Crippen LogP contribution in [-0.4, -0.2) is 14.9 Å². The van der Waals surface area contributed by atoms with Gasteiger partial charge in [-0.05, 0) is 12.5 Å². The Balaban J connectivity index is 2.17. The second-order valence-corrected chi connectivity index (χ2v) is 5.07. The number of para-hydroxylation sites is 1. The zero-order valence-corrected chi connectivity index (χ0v) is 12.4. The van der Waals surface area contributed by atoms with E-state index in [0.717, 1.165) is 4.68 Å². The van der Waals surface area contributed by atoms with Crippen molar-refractivity contribution in [2.45, 2.75) is 32.1 Å². The number of aromatic hydroxyl groups is 1. The van der Waals surface area contributed by atoms with Crippen molar-refractivity contribution >= 4 is 0 Å². The molecular formula is C15H18F3N3O. The number of benzene rings is 1. The molecule has 0 aliphatic heterocycles. The molecular weight excluding hydrogens is 295 g/mol. The molecule has 4 nitrogen and oxygen atoms in total. The molecule has 1 unspecified atom stereocenters. The minimum atomic E-state index is -4.48. The fourth-order valence-corrected chi connectivity index (χ4v) is 2.40. The van der Waals surface area contributed by atoms with Gasteiger partial charge in [0.2, 0.25) is 0 Å². The van der Waals surface area contributed by atoms with Crippen LogP contribution in [0.3, 0.4) is 0 Å². The number of nitrogens with one attached hydrogen (secondary N) is 1. The summed E-state index contributed by atoms with van der Waals surface area (Å²) >= 11 is 0. The van der Waals surface area contributed by atoms with Gasteiger partial charge in [0.25, 0.3) is 0 Å². The Kier molecular flexibility index (Phi) is 4.75. The Morgan fingerprint density at radius 1 is 1.32 bits per heavy atom. The Morgan fingerprint density at radius 3 is 2.59 bits per heavy atom. The standard InChI is InChI=1S/C15H18F3N3O/c1-3-12(11-6-4-5-7-13(11)22)19-8-10-9-21(2)20-14(10)15(16,17)18/h4-7,9,12,19,22H,3,8H2,1-2H3. The molecule has 0 spiro atoms. The van der Waals surface area contributed by atoms with Crippen molar-refractivity contribution in [3.8, 4) is 5.75 Å². The molecule has 1 aromatic heterocycles. The molecule has 2 N–H and O–H groups in total. The van der Waals surface area contributed by atoms with Crippen LogP contribution in [0, 0.1) is 0 Å². The van der Waals surface area contributed by atoms with E-state index in [1.807, 2.05) is 6.92 Å². The van der Waals surface area contributed by atoms with Gasteiger partial charge in [-0.15, -0.1) is 0 Å². The average molecular weight is 313 g/mol. The lowest BCUT2D eigenvalue weighted by Gasteiger charge is -2.18. The zero-order valence-electron chi connectivity index (χ0n) is 12.4. The molecule has 120 valence electrons. The van der Waals surface area contributed by atoms with E-state index in [2.05, 4.69) is 10.4 Å². The van der Waals surface area contributed by atoms with Crippen molar-refractivity contribution < 1.29 is 18.3 Å². The van der Waals surface area contributed by atoms with Gasteiger partial charge in [0.1, 0.15) is 5.75 Å². The van der Waals surface area contributed by atoms with Gasteiger partial charge < -0.3 is 10.4 Å². The highest BCUT2D eigenvalue weighted by atomic mass is 19.4. The molecule has 0 saturated carbocycles.